The summed E-state index contributed by atoms with van der Waals surface area (Å²) in [6, 6.07) is 7.35. The number of nitrogens with one attached hydrogen (secondary N) is 1. The lowest BCUT2D eigenvalue weighted by Crippen LogP contribution is -2.13. The fourth-order valence-electron chi connectivity index (χ4n) is 2.68. The molecule has 3 rings (SSSR count). The van der Waals surface area contributed by atoms with Gasteiger partial charge in [-0.2, -0.15) is 18.3 Å². The first kappa shape index (κ1) is 19.2. The summed E-state index contributed by atoms with van der Waals surface area (Å²) in [4.78, 5) is 7.86. The highest BCUT2D eigenvalue weighted by Gasteiger charge is 2.33. The van der Waals surface area contributed by atoms with Crippen LogP contribution in [0, 0.1) is 13.8 Å². The molecule has 0 atom stereocenters. The van der Waals surface area contributed by atoms with E-state index in [1.165, 1.54) is 0 Å². The van der Waals surface area contributed by atoms with E-state index in [0.29, 0.717) is 10.6 Å². The number of nitrogens with zero attached hydrogens (tertiary/aromatic N) is 4. The van der Waals surface area contributed by atoms with Gasteiger partial charge in [-0.3, -0.25) is 4.68 Å². The summed E-state index contributed by atoms with van der Waals surface area (Å²) in [7, 11) is 1.81. The van der Waals surface area contributed by atoms with Crippen molar-refractivity contribution in [1.29, 1.82) is 0 Å². The Morgan fingerprint density at radius 1 is 1.11 bits per heavy atom. The van der Waals surface area contributed by atoms with Gasteiger partial charge in [0.25, 0.3) is 0 Å². The van der Waals surface area contributed by atoms with Gasteiger partial charge in [0.05, 0.1) is 11.4 Å². The van der Waals surface area contributed by atoms with Crippen molar-refractivity contribution in [2.24, 2.45) is 7.05 Å². The molecule has 9 heteroatoms. The predicted molar refractivity (Wildman–Crippen MR) is 97.5 cm³/mol. The number of rotatable bonds is 4. The lowest BCUT2D eigenvalue weighted by atomic mass is 10.1. The van der Waals surface area contributed by atoms with Gasteiger partial charge < -0.3 is 5.32 Å². The second-order valence-corrected chi connectivity index (χ2v) is 6.53. The third-order valence-corrected chi connectivity index (χ3v) is 4.49. The van der Waals surface area contributed by atoms with Gasteiger partial charge >= 0.3 is 6.18 Å². The van der Waals surface area contributed by atoms with E-state index in [0.717, 1.165) is 23.0 Å². The number of alkyl halides is 3. The number of benzene rings is 1. The van der Waals surface area contributed by atoms with Crippen molar-refractivity contribution in [3.63, 3.8) is 0 Å². The highest BCUT2D eigenvalue weighted by Crippen LogP contribution is 2.31. The molecule has 0 bridgehead atoms. The summed E-state index contributed by atoms with van der Waals surface area (Å²) in [5, 5.41) is 7.68. The Labute approximate surface area is 159 Å². The van der Waals surface area contributed by atoms with Gasteiger partial charge in [-0.25, -0.2) is 9.97 Å². The van der Waals surface area contributed by atoms with Gasteiger partial charge in [-0.05, 0) is 32.0 Å². The summed E-state index contributed by atoms with van der Waals surface area (Å²) in [5.74, 6) is -0.0996. The number of anilines is 1. The van der Waals surface area contributed by atoms with Crippen LogP contribution in [-0.2, 0) is 19.8 Å². The number of hydrogen-bond donors (Lipinski definition) is 1. The minimum atomic E-state index is -4.58. The summed E-state index contributed by atoms with van der Waals surface area (Å²) in [6.07, 6.45) is -4.58. The molecular weight excluding hydrogens is 379 g/mol. The van der Waals surface area contributed by atoms with E-state index >= 15 is 0 Å². The lowest BCUT2D eigenvalue weighted by molar-refractivity contribution is -0.141. The van der Waals surface area contributed by atoms with Gasteiger partial charge in [-0.15, -0.1) is 0 Å². The molecule has 0 amide bonds. The van der Waals surface area contributed by atoms with Crippen LogP contribution in [0.3, 0.4) is 0 Å². The highest BCUT2D eigenvalue weighted by molar-refractivity contribution is 6.30. The van der Waals surface area contributed by atoms with Gasteiger partial charge in [0.1, 0.15) is 0 Å². The van der Waals surface area contributed by atoms with E-state index < -0.39 is 11.9 Å². The van der Waals surface area contributed by atoms with Crippen molar-refractivity contribution in [3.05, 3.63) is 58.0 Å². The Morgan fingerprint density at radius 3 is 2.33 bits per heavy atom. The van der Waals surface area contributed by atoms with Gasteiger partial charge in [-0.1, -0.05) is 23.7 Å². The standard InChI is InChI=1S/C18H17ClF3N5/c1-10-14(11(2)27(3)26-10)9-23-17-24-15(8-16(25-17)18(20,21)22)12-4-6-13(19)7-5-12/h4-8H,9H2,1-3H3,(H,23,24,25). The molecule has 0 radical (unpaired) electrons. The van der Waals surface area contributed by atoms with Crippen molar-refractivity contribution >= 4 is 17.5 Å². The number of hydrogen-bond acceptors (Lipinski definition) is 4. The molecule has 0 aliphatic heterocycles. The van der Waals surface area contributed by atoms with Crippen LogP contribution < -0.4 is 5.32 Å². The van der Waals surface area contributed by atoms with E-state index in [1.807, 2.05) is 20.9 Å². The van der Waals surface area contributed by atoms with Crippen LogP contribution in [0.25, 0.3) is 11.3 Å². The fraction of sp³-hybridized carbons (Fsp3) is 0.278. The van der Waals surface area contributed by atoms with Crippen LogP contribution in [-0.4, -0.2) is 19.7 Å². The molecule has 0 unspecified atom stereocenters. The summed E-state index contributed by atoms with van der Waals surface area (Å²) in [6.45, 7) is 4.01. The summed E-state index contributed by atoms with van der Waals surface area (Å²) in [5.41, 5.74) is 2.29. The zero-order chi connectivity index (χ0) is 19.8. The first-order valence-electron chi connectivity index (χ1n) is 8.10. The minimum absolute atomic E-state index is 0.0996. The molecule has 0 saturated heterocycles. The molecule has 0 spiro atoms. The maximum absolute atomic E-state index is 13.3. The average molecular weight is 396 g/mol. The van der Waals surface area contributed by atoms with Crippen LogP contribution in [0.2, 0.25) is 5.02 Å². The predicted octanol–water partition coefficient (Wildman–Crippen LogP) is 4.78. The number of aromatic nitrogens is 4. The summed E-state index contributed by atoms with van der Waals surface area (Å²) >= 11 is 5.85. The molecule has 0 aliphatic carbocycles. The zero-order valence-corrected chi connectivity index (χ0v) is 15.7. The number of aryl methyl sites for hydroxylation is 2. The van der Waals surface area contributed by atoms with E-state index in [2.05, 4.69) is 20.4 Å². The highest BCUT2D eigenvalue weighted by atomic mass is 35.5. The molecule has 2 heterocycles. The molecule has 0 fully saturated rings. The van der Waals surface area contributed by atoms with E-state index in [4.69, 9.17) is 11.6 Å². The Hall–Kier alpha value is -2.61. The molecule has 2 aromatic heterocycles. The van der Waals surface area contributed by atoms with Crippen LogP contribution >= 0.6 is 11.6 Å². The SMILES string of the molecule is Cc1nn(C)c(C)c1CNc1nc(-c2ccc(Cl)cc2)cc(C(F)(F)F)n1. The van der Waals surface area contributed by atoms with Crippen molar-refractivity contribution < 1.29 is 13.2 Å². The Balaban J connectivity index is 1.96. The van der Waals surface area contributed by atoms with Crippen molar-refractivity contribution in [1.82, 2.24) is 19.7 Å². The van der Waals surface area contributed by atoms with E-state index in [-0.39, 0.29) is 18.2 Å². The van der Waals surface area contributed by atoms with Crippen LogP contribution in [0.1, 0.15) is 22.6 Å². The van der Waals surface area contributed by atoms with Crippen molar-refractivity contribution in [3.8, 4) is 11.3 Å². The molecule has 3 aromatic rings. The molecule has 142 valence electrons. The zero-order valence-electron chi connectivity index (χ0n) is 14.9. The van der Waals surface area contributed by atoms with Gasteiger partial charge in [0.15, 0.2) is 5.69 Å². The molecular formula is C18H17ClF3N5. The maximum Gasteiger partial charge on any atom is 0.433 e. The van der Waals surface area contributed by atoms with Gasteiger partial charge in [0, 0.05) is 35.4 Å². The van der Waals surface area contributed by atoms with Crippen LogP contribution in [0.4, 0.5) is 19.1 Å². The van der Waals surface area contributed by atoms with Crippen LogP contribution in [0.15, 0.2) is 30.3 Å². The fourth-order valence-corrected chi connectivity index (χ4v) is 2.81. The third-order valence-electron chi connectivity index (χ3n) is 4.24. The molecule has 0 saturated carbocycles. The molecule has 1 N–H and O–H groups in total. The average Bonchev–Trinajstić information content (AvgIpc) is 2.85. The maximum atomic E-state index is 13.3. The van der Waals surface area contributed by atoms with E-state index in [9.17, 15) is 13.2 Å². The Morgan fingerprint density at radius 2 is 1.78 bits per heavy atom. The molecule has 1 aromatic carbocycles. The second-order valence-electron chi connectivity index (χ2n) is 6.09. The lowest BCUT2D eigenvalue weighted by Gasteiger charge is -2.12. The largest absolute Gasteiger partial charge is 0.433 e. The van der Waals surface area contributed by atoms with E-state index in [1.54, 1.807) is 28.9 Å². The molecule has 0 aliphatic rings. The summed E-state index contributed by atoms with van der Waals surface area (Å²) < 4.78 is 41.5. The first-order valence-corrected chi connectivity index (χ1v) is 8.48. The monoisotopic (exact) mass is 395 g/mol. The topological polar surface area (TPSA) is 55.6 Å². The smallest absolute Gasteiger partial charge is 0.350 e. The second kappa shape index (κ2) is 7.19. The van der Waals surface area contributed by atoms with Gasteiger partial charge in [0.2, 0.25) is 5.95 Å². The third kappa shape index (κ3) is 4.21. The Bertz CT molecular complexity index is 964. The molecule has 5 nitrogen and oxygen atoms in total. The number of halogens is 4. The Kier molecular flexibility index (Phi) is 5.10. The molecule has 27 heavy (non-hydrogen) atoms. The van der Waals surface area contributed by atoms with Crippen molar-refractivity contribution in [2.45, 2.75) is 26.6 Å². The van der Waals surface area contributed by atoms with Crippen LogP contribution in [0.5, 0.6) is 0 Å². The normalized spacial score (nSPS) is 11.7. The quantitative estimate of drug-likeness (QED) is 0.690. The first-order chi connectivity index (χ1) is 12.6. The minimum Gasteiger partial charge on any atom is -0.350 e. The van der Waals surface area contributed by atoms with Crippen molar-refractivity contribution in [2.75, 3.05) is 5.32 Å².